The maximum atomic E-state index is 2.38. The quantitative estimate of drug-likeness (QED) is 0.341. The summed E-state index contributed by atoms with van der Waals surface area (Å²) in [5.41, 5.74) is 4.18. The first-order chi connectivity index (χ1) is 11.8. The van der Waals surface area contributed by atoms with Gasteiger partial charge in [-0.05, 0) is 30.2 Å². The van der Waals surface area contributed by atoms with Crippen LogP contribution in [-0.4, -0.2) is 4.57 Å². The van der Waals surface area contributed by atoms with E-state index in [-0.39, 0.29) is 0 Å². The summed E-state index contributed by atoms with van der Waals surface area (Å²) in [7, 11) is 2.20. The van der Waals surface area contributed by atoms with E-state index in [9.17, 15) is 0 Å². The maximum absolute atomic E-state index is 2.38. The fourth-order valence-corrected chi connectivity index (χ4v) is 5.28. The van der Waals surface area contributed by atoms with Gasteiger partial charge in [0, 0.05) is 43.5 Å². The third kappa shape index (κ3) is 1.75. The van der Waals surface area contributed by atoms with Gasteiger partial charge in [0.25, 0.3) is 0 Å². The summed E-state index contributed by atoms with van der Waals surface area (Å²) in [4.78, 5) is 0. The summed E-state index contributed by atoms with van der Waals surface area (Å²) in [6, 6.07) is 20.1. The molecule has 1 nitrogen and oxygen atoms in total. The Balaban J connectivity index is 2.09. The molecule has 118 valence electrons. The van der Waals surface area contributed by atoms with E-state index in [1.54, 1.807) is 0 Å². The summed E-state index contributed by atoms with van der Waals surface area (Å²) in [5.74, 6) is 0. The molecule has 0 radical (unpaired) electrons. The zero-order chi connectivity index (χ0) is 16.3. The summed E-state index contributed by atoms with van der Waals surface area (Å²) in [5, 5.41) is 5.63. The van der Waals surface area contributed by atoms with Gasteiger partial charge in [-0.15, -0.1) is 11.3 Å². The smallest absolute Gasteiger partial charge is 0.0583 e. The van der Waals surface area contributed by atoms with Crippen LogP contribution in [0.25, 0.3) is 42.0 Å². The first kappa shape index (κ1) is 14.1. The highest BCUT2D eigenvalue weighted by Gasteiger charge is 2.16. The topological polar surface area (TPSA) is 4.93 Å². The van der Waals surface area contributed by atoms with E-state index in [1.807, 2.05) is 11.3 Å². The molecule has 2 aromatic heterocycles. The highest BCUT2D eigenvalue weighted by atomic mass is 32.1. The largest absolute Gasteiger partial charge is 0.343 e. The van der Waals surface area contributed by atoms with Crippen molar-refractivity contribution < 1.29 is 0 Å². The minimum Gasteiger partial charge on any atom is -0.343 e. The molecule has 0 aliphatic carbocycles. The van der Waals surface area contributed by atoms with Crippen LogP contribution in [0.1, 0.15) is 18.9 Å². The van der Waals surface area contributed by atoms with Crippen LogP contribution in [0.3, 0.4) is 0 Å². The normalized spacial score (nSPS) is 12.1. The number of aryl methyl sites for hydroxylation is 2. The third-order valence-corrected chi connectivity index (χ3v) is 6.25. The molecular weight excluding hydrogens is 310 g/mol. The average Bonchev–Trinajstić information content (AvgIpc) is 3.12. The lowest BCUT2D eigenvalue weighted by atomic mass is 10.0. The summed E-state index contributed by atoms with van der Waals surface area (Å²) in [6.45, 7) is 2.26. The van der Waals surface area contributed by atoms with Crippen LogP contribution in [0.4, 0.5) is 0 Å². The average molecular weight is 329 g/mol. The zero-order valence-corrected chi connectivity index (χ0v) is 14.8. The minimum absolute atomic E-state index is 1.14. The lowest BCUT2D eigenvalue weighted by Gasteiger charge is -2.05. The van der Waals surface area contributed by atoms with Gasteiger partial charge < -0.3 is 4.57 Å². The van der Waals surface area contributed by atoms with E-state index in [0.717, 1.165) is 6.42 Å². The van der Waals surface area contributed by atoms with Gasteiger partial charge >= 0.3 is 0 Å². The molecule has 2 heteroatoms. The molecule has 5 rings (SSSR count). The van der Waals surface area contributed by atoms with Gasteiger partial charge in [-0.1, -0.05) is 49.7 Å². The monoisotopic (exact) mass is 329 g/mol. The van der Waals surface area contributed by atoms with Gasteiger partial charge in [0.05, 0.1) is 5.52 Å². The number of hydrogen-bond donors (Lipinski definition) is 0. The van der Waals surface area contributed by atoms with Gasteiger partial charge in [0.1, 0.15) is 0 Å². The van der Waals surface area contributed by atoms with Crippen molar-refractivity contribution in [2.45, 2.75) is 19.8 Å². The van der Waals surface area contributed by atoms with Crippen LogP contribution in [-0.2, 0) is 13.5 Å². The number of benzene rings is 3. The van der Waals surface area contributed by atoms with Gasteiger partial charge in [-0.2, -0.15) is 0 Å². The molecule has 0 atom stereocenters. The first-order valence-corrected chi connectivity index (χ1v) is 9.41. The molecule has 0 amide bonds. The SMILES string of the molecule is CCCc1cccc2sc3ccc4c5ccccc5n(C)c4c3c12. The summed E-state index contributed by atoms with van der Waals surface area (Å²) >= 11 is 1.92. The number of rotatable bonds is 2. The molecule has 2 heterocycles. The Morgan fingerprint density at radius 1 is 0.833 bits per heavy atom. The Labute approximate surface area is 145 Å². The van der Waals surface area contributed by atoms with Crippen LogP contribution in [0.15, 0.2) is 54.6 Å². The molecule has 3 aromatic carbocycles. The van der Waals surface area contributed by atoms with Crippen LogP contribution in [0.2, 0.25) is 0 Å². The van der Waals surface area contributed by atoms with Crippen molar-refractivity contribution in [2.24, 2.45) is 7.05 Å². The van der Waals surface area contributed by atoms with Crippen LogP contribution in [0, 0.1) is 0 Å². The van der Waals surface area contributed by atoms with Crippen molar-refractivity contribution in [1.29, 1.82) is 0 Å². The molecule has 0 fully saturated rings. The van der Waals surface area contributed by atoms with E-state index < -0.39 is 0 Å². The van der Waals surface area contributed by atoms with Gasteiger partial charge in [0.2, 0.25) is 0 Å². The highest BCUT2D eigenvalue weighted by molar-refractivity contribution is 7.26. The van der Waals surface area contributed by atoms with E-state index in [2.05, 4.69) is 73.1 Å². The number of aromatic nitrogens is 1. The van der Waals surface area contributed by atoms with E-state index in [4.69, 9.17) is 0 Å². The van der Waals surface area contributed by atoms with Crippen LogP contribution < -0.4 is 0 Å². The fourth-order valence-electron chi connectivity index (χ4n) is 4.12. The molecular formula is C22H19NS. The molecule has 0 aliphatic heterocycles. The number of nitrogens with zero attached hydrogens (tertiary/aromatic N) is 1. The Bertz CT molecular complexity index is 1220. The maximum Gasteiger partial charge on any atom is 0.0583 e. The molecule has 5 aromatic rings. The number of para-hydroxylation sites is 1. The predicted molar refractivity (Wildman–Crippen MR) is 107 cm³/mol. The standard InChI is InChI=1S/C22H19NS/c1-3-7-14-8-6-11-18-20(14)21-19(24-18)13-12-16-15-9-4-5-10-17(15)23(2)22(16)21/h4-6,8-13H,3,7H2,1-2H3. The van der Waals surface area contributed by atoms with Crippen molar-refractivity contribution in [3.8, 4) is 0 Å². The molecule has 0 aliphatic rings. The molecule has 0 unspecified atom stereocenters. The Kier molecular flexibility index (Phi) is 2.98. The van der Waals surface area contributed by atoms with Gasteiger partial charge in [0.15, 0.2) is 0 Å². The van der Waals surface area contributed by atoms with Crippen molar-refractivity contribution in [1.82, 2.24) is 4.57 Å². The summed E-state index contributed by atoms with van der Waals surface area (Å²) in [6.07, 6.45) is 2.32. The Morgan fingerprint density at radius 2 is 1.67 bits per heavy atom. The van der Waals surface area contributed by atoms with Crippen molar-refractivity contribution in [3.05, 3.63) is 60.2 Å². The number of hydrogen-bond acceptors (Lipinski definition) is 1. The molecule has 0 bridgehead atoms. The second-order valence-corrected chi connectivity index (χ2v) is 7.64. The van der Waals surface area contributed by atoms with E-state index in [1.165, 1.54) is 54.0 Å². The molecule has 24 heavy (non-hydrogen) atoms. The first-order valence-electron chi connectivity index (χ1n) is 8.60. The number of thiophene rings is 1. The molecule has 0 N–H and O–H groups in total. The summed E-state index contributed by atoms with van der Waals surface area (Å²) < 4.78 is 5.18. The second-order valence-electron chi connectivity index (χ2n) is 6.55. The van der Waals surface area contributed by atoms with Crippen LogP contribution >= 0.6 is 11.3 Å². The second kappa shape index (κ2) is 5.09. The van der Waals surface area contributed by atoms with Gasteiger partial charge in [-0.25, -0.2) is 0 Å². The molecule has 0 saturated heterocycles. The lowest BCUT2D eigenvalue weighted by Crippen LogP contribution is -1.88. The fraction of sp³-hybridized carbons (Fsp3) is 0.182. The van der Waals surface area contributed by atoms with Crippen molar-refractivity contribution >= 4 is 53.3 Å². The Hall–Kier alpha value is -2.32. The predicted octanol–water partition coefficient (Wildman–Crippen LogP) is 6.65. The minimum atomic E-state index is 1.14. The van der Waals surface area contributed by atoms with Crippen LogP contribution in [0.5, 0.6) is 0 Å². The Morgan fingerprint density at radius 3 is 2.54 bits per heavy atom. The lowest BCUT2D eigenvalue weighted by molar-refractivity contribution is 0.930. The highest BCUT2D eigenvalue weighted by Crippen LogP contribution is 2.42. The van der Waals surface area contributed by atoms with E-state index >= 15 is 0 Å². The number of fused-ring (bicyclic) bond motifs is 7. The van der Waals surface area contributed by atoms with E-state index in [0.29, 0.717) is 0 Å². The third-order valence-electron chi connectivity index (χ3n) is 5.13. The zero-order valence-electron chi connectivity index (χ0n) is 14.0. The van der Waals surface area contributed by atoms with Crippen molar-refractivity contribution in [3.63, 3.8) is 0 Å². The molecule has 0 spiro atoms. The van der Waals surface area contributed by atoms with Crippen molar-refractivity contribution in [2.75, 3.05) is 0 Å². The molecule has 0 saturated carbocycles. The van der Waals surface area contributed by atoms with Gasteiger partial charge in [-0.3, -0.25) is 0 Å².